The second-order valence-corrected chi connectivity index (χ2v) is 8.34. The zero-order valence-corrected chi connectivity index (χ0v) is 17.0. The van der Waals surface area contributed by atoms with E-state index >= 15 is 0 Å². The average Bonchev–Trinajstić information content (AvgIpc) is 2.64. The van der Waals surface area contributed by atoms with E-state index in [-0.39, 0.29) is 33.8 Å². The Kier molecular flexibility index (Phi) is 6.97. The minimum atomic E-state index is -3.79. The molecule has 27 heavy (non-hydrogen) atoms. The van der Waals surface area contributed by atoms with Crippen molar-refractivity contribution < 1.29 is 17.6 Å². The Labute approximate surface area is 164 Å². The molecule has 0 radical (unpaired) electrons. The fourth-order valence-corrected chi connectivity index (χ4v) is 4.65. The molecule has 0 atom stereocenters. The zero-order chi connectivity index (χ0) is 20.2. The lowest BCUT2D eigenvalue weighted by atomic mass is 10.1. The number of carbonyl (C=O) groups excluding carboxylic acids is 1. The largest absolute Gasteiger partial charge is 0.337 e. The summed E-state index contributed by atoms with van der Waals surface area (Å²) in [5.41, 5.74) is 0.979. The molecule has 0 saturated carbocycles. The van der Waals surface area contributed by atoms with Gasteiger partial charge in [-0.05, 0) is 35.9 Å². The van der Waals surface area contributed by atoms with Gasteiger partial charge in [-0.3, -0.25) is 4.79 Å². The number of hydrogen-bond donors (Lipinski definition) is 0. The van der Waals surface area contributed by atoms with Crippen LogP contribution in [-0.2, 0) is 16.6 Å². The first kappa shape index (κ1) is 21.3. The maximum atomic E-state index is 13.0. The first-order chi connectivity index (χ1) is 12.7. The third-order valence-electron chi connectivity index (χ3n) is 4.18. The Hall–Kier alpha value is -1.96. The molecular formula is C19H22ClFN2O3S. The quantitative estimate of drug-likeness (QED) is 0.695. The first-order valence-electron chi connectivity index (χ1n) is 8.50. The molecule has 8 heteroatoms. The van der Waals surface area contributed by atoms with Crippen molar-refractivity contribution in [3.8, 4) is 0 Å². The van der Waals surface area contributed by atoms with Crippen molar-refractivity contribution in [2.45, 2.75) is 25.3 Å². The summed E-state index contributed by atoms with van der Waals surface area (Å²) in [5.74, 6) is -0.705. The smallest absolute Gasteiger partial charge is 0.253 e. The van der Waals surface area contributed by atoms with Crippen molar-refractivity contribution in [3.05, 3.63) is 64.4 Å². The monoisotopic (exact) mass is 412 g/mol. The van der Waals surface area contributed by atoms with Gasteiger partial charge in [0.1, 0.15) is 10.7 Å². The van der Waals surface area contributed by atoms with Crippen molar-refractivity contribution >= 4 is 27.5 Å². The number of nitrogens with zero attached hydrogens (tertiary/aromatic N) is 2. The van der Waals surface area contributed by atoms with Crippen LogP contribution in [0.1, 0.15) is 29.8 Å². The van der Waals surface area contributed by atoms with E-state index in [9.17, 15) is 17.6 Å². The molecule has 0 fully saturated rings. The molecule has 0 bridgehead atoms. The van der Waals surface area contributed by atoms with Gasteiger partial charge < -0.3 is 4.90 Å². The van der Waals surface area contributed by atoms with Gasteiger partial charge in [0.2, 0.25) is 10.0 Å². The van der Waals surface area contributed by atoms with Gasteiger partial charge in [0.25, 0.3) is 5.91 Å². The minimum Gasteiger partial charge on any atom is -0.337 e. The molecule has 0 unspecified atom stereocenters. The zero-order valence-electron chi connectivity index (χ0n) is 15.4. The van der Waals surface area contributed by atoms with Crippen LogP contribution in [0.25, 0.3) is 0 Å². The van der Waals surface area contributed by atoms with Crippen LogP contribution in [0.2, 0.25) is 5.02 Å². The Morgan fingerprint density at radius 2 is 1.67 bits per heavy atom. The number of carbonyl (C=O) groups is 1. The molecule has 0 heterocycles. The van der Waals surface area contributed by atoms with Crippen LogP contribution in [0.3, 0.4) is 0 Å². The molecule has 0 aliphatic heterocycles. The highest BCUT2D eigenvalue weighted by Crippen LogP contribution is 2.26. The van der Waals surface area contributed by atoms with Crippen LogP contribution in [0.5, 0.6) is 0 Å². The van der Waals surface area contributed by atoms with Gasteiger partial charge in [-0.15, -0.1) is 0 Å². The van der Waals surface area contributed by atoms with Gasteiger partial charge in [0.15, 0.2) is 0 Å². The summed E-state index contributed by atoms with van der Waals surface area (Å²) in [4.78, 5) is 14.1. The van der Waals surface area contributed by atoms with E-state index in [0.29, 0.717) is 13.1 Å². The third-order valence-corrected chi connectivity index (χ3v) is 6.71. The summed E-state index contributed by atoms with van der Waals surface area (Å²) in [5, 5.41) is 0.0691. The summed E-state index contributed by atoms with van der Waals surface area (Å²) in [7, 11) is -2.19. The van der Waals surface area contributed by atoms with Crippen LogP contribution in [0.15, 0.2) is 47.4 Å². The number of benzene rings is 2. The van der Waals surface area contributed by atoms with Crippen molar-refractivity contribution in [1.29, 1.82) is 0 Å². The number of rotatable bonds is 7. The van der Waals surface area contributed by atoms with Crippen LogP contribution in [0.4, 0.5) is 4.39 Å². The first-order valence-corrected chi connectivity index (χ1v) is 10.3. The molecule has 5 nitrogen and oxygen atoms in total. The molecule has 2 rings (SSSR count). The number of hydrogen-bond acceptors (Lipinski definition) is 3. The van der Waals surface area contributed by atoms with Crippen molar-refractivity contribution in [1.82, 2.24) is 9.21 Å². The molecule has 0 aromatic heterocycles. The summed E-state index contributed by atoms with van der Waals surface area (Å²) in [6.07, 6.45) is 0. The van der Waals surface area contributed by atoms with Gasteiger partial charge in [-0.2, -0.15) is 4.31 Å². The standard InChI is InChI=1S/C19H22ClFN2O3S/c1-4-23(5-2)27(25,26)18-12-15(8-11-17(18)20)19(24)22(3)13-14-6-9-16(21)10-7-14/h6-12H,4-5,13H2,1-3H3. The molecular weight excluding hydrogens is 391 g/mol. The molecule has 1 amide bonds. The molecule has 0 spiro atoms. The minimum absolute atomic E-state index is 0.0691. The molecule has 146 valence electrons. The van der Waals surface area contributed by atoms with Crippen molar-refractivity contribution in [2.24, 2.45) is 0 Å². The number of halogens is 2. The highest BCUT2D eigenvalue weighted by atomic mass is 35.5. The Bertz CT molecular complexity index is 913. The Morgan fingerprint density at radius 3 is 2.22 bits per heavy atom. The number of amides is 1. The SMILES string of the molecule is CCN(CC)S(=O)(=O)c1cc(C(=O)N(C)Cc2ccc(F)cc2)ccc1Cl. The fourth-order valence-electron chi connectivity index (χ4n) is 2.69. The summed E-state index contributed by atoms with van der Waals surface area (Å²) in [6, 6.07) is 10.0. The molecule has 0 aliphatic carbocycles. The van der Waals surface area contributed by atoms with Crippen molar-refractivity contribution in [3.63, 3.8) is 0 Å². The van der Waals surface area contributed by atoms with E-state index in [0.717, 1.165) is 5.56 Å². The molecule has 0 N–H and O–H groups in total. The van der Waals surface area contributed by atoms with Crippen LogP contribution in [-0.4, -0.2) is 43.7 Å². The van der Waals surface area contributed by atoms with Gasteiger partial charge >= 0.3 is 0 Å². The third kappa shape index (κ3) is 4.86. The van der Waals surface area contributed by atoms with Crippen LogP contribution >= 0.6 is 11.6 Å². The Morgan fingerprint density at radius 1 is 1.07 bits per heavy atom. The molecule has 2 aromatic rings. The average molecular weight is 413 g/mol. The van der Waals surface area contributed by atoms with Crippen molar-refractivity contribution in [2.75, 3.05) is 20.1 Å². The lowest BCUT2D eigenvalue weighted by Gasteiger charge is -2.21. The van der Waals surface area contributed by atoms with E-state index in [1.807, 2.05) is 0 Å². The van der Waals surface area contributed by atoms with E-state index < -0.39 is 10.0 Å². The molecule has 0 aliphatic rings. The van der Waals surface area contributed by atoms with Crippen LogP contribution < -0.4 is 0 Å². The van der Waals surface area contributed by atoms with Gasteiger partial charge in [0.05, 0.1) is 5.02 Å². The lowest BCUT2D eigenvalue weighted by Crippen LogP contribution is -2.31. The number of sulfonamides is 1. The molecule has 2 aromatic carbocycles. The lowest BCUT2D eigenvalue weighted by molar-refractivity contribution is 0.0785. The van der Waals surface area contributed by atoms with E-state index in [4.69, 9.17) is 11.6 Å². The van der Waals surface area contributed by atoms with Gasteiger partial charge in [0, 0.05) is 32.2 Å². The Balaban J connectivity index is 2.30. The van der Waals surface area contributed by atoms with E-state index in [1.165, 1.54) is 39.5 Å². The topological polar surface area (TPSA) is 57.7 Å². The normalized spacial score (nSPS) is 11.6. The van der Waals surface area contributed by atoms with Gasteiger partial charge in [-0.25, -0.2) is 12.8 Å². The summed E-state index contributed by atoms with van der Waals surface area (Å²) >= 11 is 6.10. The van der Waals surface area contributed by atoms with E-state index in [1.54, 1.807) is 33.0 Å². The van der Waals surface area contributed by atoms with E-state index in [2.05, 4.69) is 0 Å². The second kappa shape index (κ2) is 8.82. The summed E-state index contributed by atoms with van der Waals surface area (Å²) in [6.45, 7) is 4.34. The maximum Gasteiger partial charge on any atom is 0.253 e. The highest BCUT2D eigenvalue weighted by molar-refractivity contribution is 7.89. The maximum absolute atomic E-state index is 13.0. The predicted octanol–water partition coefficient (Wildman–Crippen LogP) is 3.78. The van der Waals surface area contributed by atoms with Gasteiger partial charge in [-0.1, -0.05) is 37.6 Å². The summed E-state index contributed by atoms with van der Waals surface area (Å²) < 4.78 is 39.8. The fraction of sp³-hybridized carbons (Fsp3) is 0.316. The molecule has 0 saturated heterocycles. The predicted molar refractivity (Wildman–Crippen MR) is 104 cm³/mol. The van der Waals surface area contributed by atoms with Crippen LogP contribution in [0, 0.1) is 5.82 Å². The highest BCUT2D eigenvalue weighted by Gasteiger charge is 2.26. The second-order valence-electron chi connectivity index (χ2n) is 6.02.